The molecule has 98 valence electrons. The van der Waals surface area contributed by atoms with Crippen molar-refractivity contribution in [2.24, 2.45) is 5.41 Å². The van der Waals surface area contributed by atoms with Crippen LogP contribution in [0, 0.1) is 5.41 Å². The molecule has 1 heterocycles. The van der Waals surface area contributed by atoms with Crippen molar-refractivity contribution in [2.75, 3.05) is 20.2 Å². The summed E-state index contributed by atoms with van der Waals surface area (Å²) in [6.45, 7) is 3.59. The summed E-state index contributed by atoms with van der Waals surface area (Å²) < 4.78 is 4.87. The third-order valence-electron chi connectivity index (χ3n) is 4.34. The van der Waals surface area contributed by atoms with Gasteiger partial charge in [-0.05, 0) is 32.7 Å². The Morgan fingerprint density at radius 1 is 1.41 bits per heavy atom. The molecule has 1 aliphatic carbocycles. The Morgan fingerprint density at radius 3 is 2.76 bits per heavy atom. The number of methoxy groups -OCH3 is 1. The normalized spacial score (nSPS) is 39.2. The number of carbonyl (C=O) groups is 1. The molecule has 0 radical (unpaired) electrons. The van der Waals surface area contributed by atoms with Crippen LogP contribution in [0.15, 0.2) is 0 Å². The molecule has 0 aromatic rings. The first-order valence-corrected chi connectivity index (χ1v) is 6.57. The topological polar surface area (TPSA) is 49.8 Å². The number of likely N-dealkylation sites (tertiary alicyclic amines) is 1. The zero-order chi connectivity index (χ0) is 12.5. The van der Waals surface area contributed by atoms with Crippen molar-refractivity contribution >= 4 is 5.97 Å². The fraction of sp³-hybridized carbons (Fsp3) is 0.923. The summed E-state index contributed by atoms with van der Waals surface area (Å²) in [5.41, 5.74) is -0.383. The first-order chi connectivity index (χ1) is 8.07. The number of hydrogen-bond acceptors (Lipinski definition) is 4. The van der Waals surface area contributed by atoms with Gasteiger partial charge in [-0.1, -0.05) is 12.8 Å². The molecule has 2 rings (SSSR count). The minimum Gasteiger partial charge on any atom is -0.469 e. The highest BCUT2D eigenvalue weighted by Gasteiger charge is 2.44. The Morgan fingerprint density at radius 2 is 2.12 bits per heavy atom. The first-order valence-electron chi connectivity index (χ1n) is 6.57. The van der Waals surface area contributed by atoms with E-state index in [9.17, 15) is 9.90 Å². The monoisotopic (exact) mass is 241 g/mol. The van der Waals surface area contributed by atoms with E-state index in [1.165, 1.54) is 13.5 Å². The van der Waals surface area contributed by atoms with E-state index in [0.717, 1.165) is 38.8 Å². The largest absolute Gasteiger partial charge is 0.469 e. The molecule has 2 aliphatic rings. The van der Waals surface area contributed by atoms with E-state index in [0.29, 0.717) is 0 Å². The van der Waals surface area contributed by atoms with Gasteiger partial charge in [-0.15, -0.1) is 0 Å². The molecule has 4 heteroatoms. The Hall–Kier alpha value is -0.610. The standard InChI is InChI=1S/C13H23NO3/c1-13(12(16)17-2)7-8-14(9-13)10-5-3-4-6-11(10)15/h10-11,15H,3-9H2,1-2H3/t10-,11+,13+/m0/s1. The van der Waals surface area contributed by atoms with Gasteiger partial charge >= 0.3 is 5.97 Å². The van der Waals surface area contributed by atoms with Gasteiger partial charge in [0.2, 0.25) is 0 Å². The maximum Gasteiger partial charge on any atom is 0.312 e. The molecular weight excluding hydrogens is 218 g/mol. The molecule has 1 aliphatic heterocycles. The number of esters is 1. The van der Waals surface area contributed by atoms with E-state index in [1.807, 2.05) is 6.92 Å². The zero-order valence-electron chi connectivity index (χ0n) is 10.8. The average Bonchev–Trinajstić information content (AvgIpc) is 2.72. The highest BCUT2D eigenvalue weighted by Crippen LogP contribution is 2.35. The molecule has 4 nitrogen and oxygen atoms in total. The number of aliphatic hydroxyl groups is 1. The second-order valence-corrected chi connectivity index (χ2v) is 5.69. The molecule has 1 saturated heterocycles. The van der Waals surface area contributed by atoms with Gasteiger partial charge in [0.1, 0.15) is 0 Å². The van der Waals surface area contributed by atoms with Crippen molar-refractivity contribution in [1.82, 2.24) is 4.90 Å². The number of aliphatic hydroxyl groups excluding tert-OH is 1. The van der Waals surface area contributed by atoms with Gasteiger partial charge in [0, 0.05) is 12.6 Å². The first kappa shape index (κ1) is 12.8. The number of ether oxygens (including phenoxy) is 1. The van der Waals surface area contributed by atoms with Gasteiger partial charge in [-0.2, -0.15) is 0 Å². The molecule has 17 heavy (non-hydrogen) atoms. The van der Waals surface area contributed by atoms with Crippen molar-refractivity contribution < 1.29 is 14.6 Å². The predicted molar refractivity (Wildman–Crippen MR) is 64.6 cm³/mol. The fourth-order valence-electron chi connectivity index (χ4n) is 3.21. The van der Waals surface area contributed by atoms with Crippen molar-refractivity contribution in [3.8, 4) is 0 Å². The fourth-order valence-corrected chi connectivity index (χ4v) is 3.21. The maximum absolute atomic E-state index is 11.7. The van der Waals surface area contributed by atoms with E-state index in [-0.39, 0.29) is 23.5 Å². The molecule has 1 saturated carbocycles. The van der Waals surface area contributed by atoms with Gasteiger partial charge in [0.15, 0.2) is 0 Å². The Labute approximate surface area is 103 Å². The summed E-state index contributed by atoms with van der Waals surface area (Å²) in [6.07, 6.45) is 4.88. The summed E-state index contributed by atoms with van der Waals surface area (Å²) >= 11 is 0. The maximum atomic E-state index is 11.7. The third-order valence-corrected chi connectivity index (χ3v) is 4.34. The third kappa shape index (κ3) is 2.47. The van der Waals surface area contributed by atoms with Crippen LogP contribution in [-0.2, 0) is 9.53 Å². The lowest BCUT2D eigenvalue weighted by atomic mass is 9.89. The van der Waals surface area contributed by atoms with Gasteiger partial charge < -0.3 is 9.84 Å². The number of hydrogen-bond donors (Lipinski definition) is 1. The Balaban J connectivity index is 1.99. The van der Waals surface area contributed by atoms with Gasteiger partial charge in [0.05, 0.1) is 18.6 Å². The van der Waals surface area contributed by atoms with Crippen LogP contribution in [0.1, 0.15) is 39.0 Å². The molecule has 1 N–H and O–H groups in total. The van der Waals surface area contributed by atoms with Gasteiger partial charge in [0.25, 0.3) is 0 Å². The smallest absolute Gasteiger partial charge is 0.312 e. The molecule has 3 atom stereocenters. The van der Waals surface area contributed by atoms with Crippen LogP contribution in [0.2, 0.25) is 0 Å². The minimum atomic E-state index is -0.383. The van der Waals surface area contributed by atoms with Crippen LogP contribution in [0.3, 0.4) is 0 Å². The predicted octanol–water partition coefficient (Wildman–Crippen LogP) is 1.17. The summed E-state index contributed by atoms with van der Waals surface area (Å²) in [6, 6.07) is 0.246. The second kappa shape index (κ2) is 4.94. The molecule has 0 aromatic carbocycles. The quantitative estimate of drug-likeness (QED) is 0.737. The molecule has 0 bridgehead atoms. The van der Waals surface area contributed by atoms with Crippen LogP contribution in [0.4, 0.5) is 0 Å². The van der Waals surface area contributed by atoms with Crippen molar-refractivity contribution in [3.63, 3.8) is 0 Å². The lowest BCUT2D eigenvalue weighted by Gasteiger charge is -2.35. The molecule has 0 spiro atoms. The second-order valence-electron chi connectivity index (χ2n) is 5.69. The zero-order valence-corrected chi connectivity index (χ0v) is 10.8. The Bertz CT molecular complexity index is 294. The summed E-state index contributed by atoms with van der Waals surface area (Å²) in [5, 5.41) is 10.0. The van der Waals surface area contributed by atoms with Crippen LogP contribution >= 0.6 is 0 Å². The van der Waals surface area contributed by atoms with Gasteiger partial charge in [-0.25, -0.2) is 0 Å². The summed E-state index contributed by atoms with van der Waals surface area (Å²) in [4.78, 5) is 14.0. The minimum absolute atomic E-state index is 0.120. The van der Waals surface area contributed by atoms with E-state index in [4.69, 9.17) is 4.74 Å². The van der Waals surface area contributed by atoms with Crippen LogP contribution < -0.4 is 0 Å². The van der Waals surface area contributed by atoms with Crippen molar-refractivity contribution in [3.05, 3.63) is 0 Å². The van der Waals surface area contributed by atoms with Crippen molar-refractivity contribution in [2.45, 2.75) is 51.2 Å². The number of nitrogens with zero attached hydrogens (tertiary/aromatic N) is 1. The Kier molecular flexibility index (Phi) is 3.73. The highest BCUT2D eigenvalue weighted by molar-refractivity contribution is 5.77. The molecule has 0 unspecified atom stereocenters. The molecule has 2 fully saturated rings. The van der Waals surface area contributed by atoms with E-state index < -0.39 is 0 Å². The van der Waals surface area contributed by atoms with E-state index in [2.05, 4.69) is 4.90 Å². The lowest BCUT2D eigenvalue weighted by Crippen LogP contribution is -2.45. The molecule has 0 aromatic heterocycles. The van der Waals surface area contributed by atoms with E-state index >= 15 is 0 Å². The van der Waals surface area contributed by atoms with Crippen LogP contribution in [0.5, 0.6) is 0 Å². The van der Waals surface area contributed by atoms with E-state index in [1.54, 1.807) is 0 Å². The molecule has 0 amide bonds. The lowest BCUT2D eigenvalue weighted by molar-refractivity contribution is -0.151. The van der Waals surface area contributed by atoms with Crippen molar-refractivity contribution in [1.29, 1.82) is 0 Å². The SMILES string of the molecule is COC(=O)[C@]1(C)CCN([C@H]2CCCC[C@H]2O)C1. The summed E-state index contributed by atoms with van der Waals surface area (Å²) in [7, 11) is 1.45. The average molecular weight is 241 g/mol. The van der Waals surface area contributed by atoms with Gasteiger partial charge in [-0.3, -0.25) is 9.69 Å². The van der Waals surface area contributed by atoms with Crippen LogP contribution in [0.25, 0.3) is 0 Å². The highest BCUT2D eigenvalue weighted by atomic mass is 16.5. The molecular formula is C13H23NO3. The number of rotatable bonds is 2. The summed E-state index contributed by atoms with van der Waals surface area (Å²) in [5.74, 6) is -0.120. The number of carbonyl (C=O) groups excluding carboxylic acids is 1. The van der Waals surface area contributed by atoms with Crippen LogP contribution in [-0.4, -0.2) is 48.3 Å².